The van der Waals surface area contributed by atoms with Crippen LogP contribution in [0.3, 0.4) is 0 Å². The highest BCUT2D eigenvalue weighted by Crippen LogP contribution is 1.70. The molecular weight excluding hydrogens is 182 g/mol. The number of H-pyrrole nitrogens is 1. The normalized spacial score (nSPS) is 12.3. The Morgan fingerprint density at radius 2 is 1.38 bits per heavy atom. The zero-order valence-corrected chi connectivity index (χ0v) is 5.92. The van der Waals surface area contributed by atoms with Crippen LogP contribution in [0.25, 0.3) is 0 Å². The molecule has 0 radical (unpaired) electrons. The Morgan fingerprint density at radius 1 is 0.846 bits per heavy atom. The number of fused-ring (bicyclic) bond motifs is 1. The lowest BCUT2D eigenvalue weighted by molar-refractivity contribution is 0.350. The van der Waals surface area contributed by atoms with E-state index < -0.39 is 22.8 Å². The molecule has 5 aromatic heterocycles. The van der Waals surface area contributed by atoms with E-state index >= 15 is 0 Å². The van der Waals surface area contributed by atoms with E-state index in [4.69, 9.17) is 0 Å². The van der Waals surface area contributed by atoms with Crippen molar-refractivity contribution in [3.8, 4) is 0 Å². The van der Waals surface area contributed by atoms with E-state index in [0.29, 0.717) is 18.2 Å². The summed E-state index contributed by atoms with van der Waals surface area (Å²) in [7, 11) is 0. The fraction of sp³-hybridized carbons (Fsp3) is 0. The standard InChI is InChI=1S/C4HN5O4/c10-1-5-6-2(11)7-4(13)8(3(6)12)9(1)7/h(H,5,10). The molecule has 9 nitrogen and oxygen atoms in total. The van der Waals surface area contributed by atoms with Gasteiger partial charge in [-0.1, -0.05) is 0 Å². The highest BCUT2D eigenvalue weighted by Gasteiger charge is 2.22. The van der Waals surface area contributed by atoms with Gasteiger partial charge in [0.1, 0.15) is 0 Å². The molecule has 1 N–H and O–H groups in total. The van der Waals surface area contributed by atoms with Gasteiger partial charge in [0.2, 0.25) is 0 Å². The van der Waals surface area contributed by atoms with Crippen LogP contribution in [0.15, 0.2) is 19.2 Å². The van der Waals surface area contributed by atoms with Gasteiger partial charge in [0, 0.05) is 0 Å². The molecule has 0 unspecified atom stereocenters. The van der Waals surface area contributed by atoms with Crippen molar-refractivity contribution in [1.82, 2.24) is 23.3 Å². The number of hydrogen-bond acceptors (Lipinski definition) is 4. The molecule has 0 aliphatic rings. The summed E-state index contributed by atoms with van der Waals surface area (Å²) in [5.41, 5.74) is -3.24. The Morgan fingerprint density at radius 3 is 1.92 bits per heavy atom. The van der Waals surface area contributed by atoms with Crippen LogP contribution >= 0.6 is 0 Å². The molecule has 4 bridgehead atoms. The molecule has 5 rings (SSSR count). The molecule has 13 heavy (non-hydrogen) atoms. The Kier molecular flexibility index (Phi) is 0.679. The van der Waals surface area contributed by atoms with Gasteiger partial charge in [-0.05, 0) is 0 Å². The maximum Gasteiger partial charge on any atom is 0.378 e. The molecule has 0 fully saturated rings. The molecule has 5 aromatic rings. The molecule has 0 saturated carbocycles. The fourth-order valence-electron chi connectivity index (χ4n) is 1.32. The summed E-state index contributed by atoms with van der Waals surface area (Å²) in [6.07, 6.45) is 0. The molecule has 0 atom stereocenters. The molecule has 0 amide bonds. The van der Waals surface area contributed by atoms with Crippen LogP contribution in [0.1, 0.15) is 0 Å². The maximum atomic E-state index is 11.1. The summed E-state index contributed by atoms with van der Waals surface area (Å²) in [4.78, 5) is 44.2. The first-order chi connectivity index (χ1) is 6.13. The Balaban J connectivity index is 3.10. The SMILES string of the molecule is O=c1n2[nH]c(=O)n3n1c(=O)n3c2=O. The van der Waals surface area contributed by atoms with Crippen LogP contribution in [0.5, 0.6) is 0 Å². The van der Waals surface area contributed by atoms with Gasteiger partial charge in [-0.25, -0.2) is 24.3 Å². The van der Waals surface area contributed by atoms with Crippen LogP contribution in [0.4, 0.5) is 0 Å². The van der Waals surface area contributed by atoms with E-state index in [1.807, 2.05) is 5.10 Å². The number of nitrogens with one attached hydrogen (secondary N) is 1. The molecule has 0 spiro atoms. The highest BCUT2D eigenvalue weighted by molar-refractivity contribution is 4.82. The maximum absolute atomic E-state index is 11.1. The third kappa shape index (κ3) is 0.402. The topological polar surface area (TPSA) is 102 Å². The highest BCUT2D eigenvalue weighted by atomic mass is 16.2. The number of aromatic amines is 1. The summed E-state index contributed by atoms with van der Waals surface area (Å²) in [5, 5.41) is 1.98. The smallest absolute Gasteiger partial charge is 0.243 e. The van der Waals surface area contributed by atoms with Crippen LogP contribution in [0, 0.1) is 0 Å². The second kappa shape index (κ2) is 1.42. The third-order valence-electron chi connectivity index (χ3n) is 1.88. The zero-order valence-electron chi connectivity index (χ0n) is 5.92. The van der Waals surface area contributed by atoms with Crippen molar-refractivity contribution in [3.05, 3.63) is 41.9 Å². The molecule has 66 valence electrons. The summed E-state index contributed by atoms with van der Waals surface area (Å²) in [5.74, 6) is 0. The summed E-state index contributed by atoms with van der Waals surface area (Å²) < 4.78 is 2.26. The van der Waals surface area contributed by atoms with E-state index in [1.54, 1.807) is 0 Å². The quantitative estimate of drug-likeness (QED) is 0.384. The van der Waals surface area contributed by atoms with E-state index in [9.17, 15) is 19.2 Å². The van der Waals surface area contributed by atoms with Gasteiger partial charge in [0.05, 0.1) is 0 Å². The van der Waals surface area contributed by atoms with E-state index in [1.165, 1.54) is 0 Å². The summed E-state index contributed by atoms with van der Waals surface area (Å²) in [6.45, 7) is 0. The predicted octanol–water partition coefficient (Wildman–Crippen LogP) is -3.96. The van der Waals surface area contributed by atoms with E-state index in [0.717, 1.165) is 0 Å². The predicted molar refractivity (Wildman–Crippen MR) is 37.1 cm³/mol. The minimum Gasteiger partial charge on any atom is -0.243 e. The van der Waals surface area contributed by atoms with Crippen molar-refractivity contribution < 1.29 is 0 Å². The van der Waals surface area contributed by atoms with Crippen LogP contribution in [-0.4, -0.2) is 23.3 Å². The first kappa shape index (κ1) is 6.22. The van der Waals surface area contributed by atoms with Crippen molar-refractivity contribution in [1.29, 1.82) is 0 Å². The number of rotatable bonds is 0. The van der Waals surface area contributed by atoms with Crippen molar-refractivity contribution >= 4 is 0 Å². The van der Waals surface area contributed by atoms with Crippen molar-refractivity contribution in [2.75, 3.05) is 0 Å². The Bertz CT molecular complexity index is 744. The van der Waals surface area contributed by atoms with E-state index in [-0.39, 0.29) is 0 Å². The number of hydrogen-bond donors (Lipinski definition) is 1. The average molecular weight is 183 g/mol. The second-order valence-electron chi connectivity index (χ2n) is 2.51. The van der Waals surface area contributed by atoms with Gasteiger partial charge in [0.15, 0.2) is 0 Å². The van der Waals surface area contributed by atoms with Gasteiger partial charge in [0.25, 0.3) is 0 Å². The third-order valence-corrected chi connectivity index (χ3v) is 1.88. The van der Waals surface area contributed by atoms with Crippen molar-refractivity contribution in [3.63, 3.8) is 0 Å². The van der Waals surface area contributed by atoms with Gasteiger partial charge < -0.3 is 0 Å². The fourth-order valence-corrected chi connectivity index (χ4v) is 1.32. The van der Waals surface area contributed by atoms with Crippen LogP contribution < -0.4 is 22.8 Å². The van der Waals surface area contributed by atoms with E-state index in [2.05, 4.69) is 0 Å². The lowest BCUT2D eigenvalue weighted by Gasteiger charge is -2.12. The molecule has 0 aliphatic heterocycles. The van der Waals surface area contributed by atoms with Crippen LogP contribution in [0.2, 0.25) is 0 Å². The lowest BCUT2D eigenvalue weighted by atomic mass is 10.9. The first-order valence-electron chi connectivity index (χ1n) is 3.26. The Labute approximate surface area is 66.3 Å². The molecule has 5 heterocycles. The molecule has 9 heteroatoms. The zero-order chi connectivity index (χ0) is 9.33. The molecule has 0 aliphatic carbocycles. The molecule has 0 aromatic carbocycles. The molecule has 0 saturated heterocycles. The average Bonchev–Trinajstić information content (AvgIpc) is 2.05. The largest absolute Gasteiger partial charge is 0.378 e. The monoisotopic (exact) mass is 183 g/mol. The van der Waals surface area contributed by atoms with Gasteiger partial charge in [-0.2, -0.15) is 0 Å². The van der Waals surface area contributed by atoms with Gasteiger partial charge >= 0.3 is 22.8 Å². The van der Waals surface area contributed by atoms with Gasteiger partial charge in [-0.15, -0.1) is 18.2 Å². The minimum absolute atomic E-state index is 0.476. The van der Waals surface area contributed by atoms with Gasteiger partial charge in [-0.3, -0.25) is 0 Å². The summed E-state index contributed by atoms with van der Waals surface area (Å²) in [6, 6.07) is 0. The summed E-state index contributed by atoms with van der Waals surface area (Å²) >= 11 is 0. The lowest BCUT2D eigenvalue weighted by Crippen LogP contribution is -2.65. The Hall–Kier alpha value is -2.32. The molecular formula is C4HN5O4. The minimum atomic E-state index is -0.864. The number of nitrogens with zero attached hydrogens (tertiary/aromatic N) is 4. The van der Waals surface area contributed by atoms with Crippen molar-refractivity contribution in [2.45, 2.75) is 0 Å². The van der Waals surface area contributed by atoms with Crippen LogP contribution in [-0.2, 0) is 0 Å². The second-order valence-corrected chi connectivity index (χ2v) is 2.51. The first-order valence-corrected chi connectivity index (χ1v) is 3.26. The van der Waals surface area contributed by atoms with Crippen molar-refractivity contribution in [2.24, 2.45) is 0 Å². The number of aromatic nitrogens is 5.